The SMILES string of the molecule is COc1ccc(C(CNC(=O)C(=O)NCc2cccs2)N2CCOCC2)cc1. The van der Waals surface area contributed by atoms with E-state index in [-0.39, 0.29) is 6.04 Å². The van der Waals surface area contributed by atoms with Crippen molar-refractivity contribution in [2.75, 3.05) is 40.0 Å². The van der Waals surface area contributed by atoms with Gasteiger partial charge in [0.1, 0.15) is 5.75 Å². The van der Waals surface area contributed by atoms with Gasteiger partial charge in [-0.2, -0.15) is 0 Å². The van der Waals surface area contributed by atoms with E-state index in [0.29, 0.717) is 26.3 Å². The van der Waals surface area contributed by atoms with Gasteiger partial charge in [0, 0.05) is 24.5 Å². The standard InChI is InChI=1S/C20H25N3O4S/c1-26-16-6-4-15(5-7-16)18(23-8-10-27-11-9-23)14-22-20(25)19(24)21-13-17-3-2-12-28-17/h2-7,12,18H,8-11,13-14H2,1H3,(H,21,24)(H,22,25). The fourth-order valence-corrected chi connectivity index (χ4v) is 3.75. The van der Waals surface area contributed by atoms with Crippen LogP contribution in [0.15, 0.2) is 41.8 Å². The summed E-state index contributed by atoms with van der Waals surface area (Å²) in [6, 6.07) is 11.6. The third kappa shape index (κ3) is 5.54. The van der Waals surface area contributed by atoms with Crippen molar-refractivity contribution in [3.8, 4) is 5.75 Å². The van der Waals surface area contributed by atoms with E-state index in [1.807, 2.05) is 41.8 Å². The third-order valence-electron chi connectivity index (χ3n) is 4.65. The van der Waals surface area contributed by atoms with Gasteiger partial charge in [0.25, 0.3) is 0 Å². The van der Waals surface area contributed by atoms with Crippen LogP contribution in [0.2, 0.25) is 0 Å². The number of morpholine rings is 1. The molecule has 1 aromatic heterocycles. The highest BCUT2D eigenvalue weighted by Crippen LogP contribution is 2.23. The van der Waals surface area contributed by atoms with E-state index in [0.717, 1.165) is 29.3 Å². The Bertz CT molecular complexity index is 758. The zero-order chi connectivity index (χ0) is 19.8. The number of ether oxygens (including phenoxy) is 2. The number of benzene rings is 1. The summed E-state index contributed by atoms with van der Waals surface area (Å²) in [7, 11) is 1.63. The van der Waals surface area contributed by atoms with Crippen molar-refractivity contribution in [3.63, 3.8) is 0 Å². The zero-order valence-electron chi connectivity index (χ0n) is 15.8. The molecule has 150 valence electrons. The molecule has 1 unspecified atom stereocenters. The van der Waals surface area contributed by atoms with Crippen LogP contribution in [0.4, 0.5) is 0 Å². The zero-order valence-corrected chi connectivity index (χ0v) is 16.7. The summed E-state index contributed by atoms with van der Waals surface area (Å²) in [6.07, 6.45) is 0. The number of methoxy groups -OCH3 is 1. The quantitative estimate of drug-likeness (QED) is 0.686. The lowest BCUT2D eigenvalue weighted by Gasteiger charge is -2.34. The van der Waals surface area contributed by atoms with Gasteiger partial charge >= 0.3 is 11.8 Å². The molecule has 28 heavy (non-hydrogen) atoms. The van der Waals surface area contributed by atoms with Crippen LogP contribution in [0, 0.1) is 0 Å². The second-order valence-corrected chi connectivity index (χ2v) is 7.44. The van der Waals surface area contributed by atoms with E-state index in [4.69, 9.17) is 9.47 Å². The molecule has 1 aliphatic rings. The summed E-state index contributed by atoms with van der Waals surface area (Å²) in [4.78, 5) is 27.6. The predicted octanol–water partition coefficient (Wildman–Crippen LogP) is 1.56. The van der Waals surface area contributed by atoms with Crippen LogP contribution in [0.3, 0.4) is 0 Å². The van der Waals surface area contributed by atoms with Gasteiger partial charge in [-0.05, 0) is 29.1 Å². The molecule has 1 aliphatic heterocycles. The Labute approximate surface area is 168 Å². The summed E-state index contributed by atoms with van der Waals surface area (Å²) < 4.78 is 10.7. The molecule has 0 bridgehead atoms. The van der Waals surface area contributed by atoms with Gasteiger partial charge in [-0.3, -0.25) is 14.5 Å². The Hall–Kier alpha value is -2.42. The molecular formula is C20H25N3O4S. The molecule has 2 heterocycles. The Balaban J connectivity index is 1.59. The molecule has 0 saturated carbocycles. The van der Waals surface area contributed by atoms with Crippen LogP contribution in [-0.2, 0) is 20.9 Å². The van der Waals surface area contributed by atoms with Crippen molar-refractivity contribution >= 4 is 23.2 Å². The summed E-state index contributed by atoms with van der Waals surface area (Å²) >= 11 is 1.54. The van der Waals surface area contributed by atoms with E-state index in [1.54, 1.807) is 7.11 Å². The number of rotatable bonds is 7. The maximum absolute atomic E-state index is 12.2. The number of carbonyl (C=O) groups excluding carboxylic acids is 2. The summed E-state index contributed by atoms with van der Waals surface area (Å²) in [6.45, 7) is 3.56. The number of amides is 2. The molecule has 0 aliphatic carbocycles. The summed E-state index contributed by atoms with van der Waals surface area (Å²) in [5.74, 6) is -0.464. The molecule has 3 rings (SSSR count). The average molecular weight is 404 g/mol. The fraction of sp³-hybridized carbons (Fsp3) is 0.400. The summed E-state index contributed by atoms with van der Waals surface area (Å²) in [5.41, 5.74) is 1.06. The van der Waals surface area contributed by atoms with Crippen LogP contribution < -0.4 is 15.4 Å². The van der Waals surface area contributed by atoms with Crippen molar-refractivity contribution in [2.45, 2.75) is 12.6 Å². The first-order valence-electron chi connectivity index (χ1n) is 9.21. The number of carbonyl (C=O) groups is 2. The largest absolute Gasteiger partial charge is 0.497 e. The minimum absolute atomic E-state index is 0.0381. The Morgan fingerprint density at radius 2 is 1.86 bits per heavy atom. The Morgan fingerprint density at radius 1 is 1.14 bits per heavy atom. The van der Waals surface area contributed by atoms with E-state index in [1.165, 1.54) is 11.3 Å². The average Bonchev–Trinajstić information content (AvgIpc) is 3.27. The minimum atomic E-state index is -0.622. The molecule has 0 radical (unpaired) electrons. The Morgan fingerprint density at radius 3 is 2.50 bits per heavy atom. The highest BCUT2D eigenvalue weighted by molar-refractivity contribution is 7.09. The number of hydrogen-bond donors (Lipinski definition) is 2. The predicted molar refractivity (Wildman–Crippen MR) is 107 cm³/mol. The molecular weight excluding hydrogens is 378 g/mol. The highest BCUT2D eigenvalue weighted by Gasteiger charge is 2.24. The molecule has 2 amide bonds. The van der Waals surface area contributed by atoms with Crippen molar-refractivity contribution < 1.29 is 19.1 Å². The van der Waals surface area contributed by atoms with E-state index < -0.39 is 11.8 Å². The lowest BCUT2D eigenvalue weighted by atomic mass is 10.0. The molecule has 7 nitrogen and oxygen atoms in total. The molecule has 2 aromatic rings. The van der Waals surface area contributed by atoms with Gasteiger partial charge in [-0.1, -0.05) is 18.2 Å². The van der Waals surface area contributed by atoms with Crippen molar-refractivity contribution in [3.05, 3.63) is 52.2 Å². The maximum atomic E-state index is 12.2. The second kappa shape index (κ2) is 10.2. The van der Waals surface area contributed by atoms with Crippen molar-refractivity contribution in [1.82, 2.24) is 15.5 Å². The molecule has 2 N–H and O–H groups in total. The highest BCUT2D eigenvalue weighted by atomic mass is 32.1. The third-order valence-corrected chi connectivity index (χ3v) is 5.53. The second-order valence-electron chi connectivity index (χ2n) is 6.41. The smallest absolute Gasteiger partial charge is 0.309 e. The van der Waals surface area contributed by atoms with Gasteiger partial charge in [-0.15, -0.1) is 11.3 Å². The lowest BCUT2D eigenvalue weighted by Crippen LogP contribution is -2.46. The molecule has 1 saturated heterocycles. The number of thiophene rings is 1. The van der Waals surface area contributed by atoms with E-state index in [9.17, 15) is 9.59 Å². The minimum Gasteiger partial charge on any atom is -0.497 e. The van der Waals surface area contributed by atoms with Gasteiger partial charge in [0.05, 0.1) is 32.9 Å². The van der Waals surface area contributed by atoms with Crippen LogP contribution in [-0.4, -0.2) is 56.7 Å². The van der Waals surface area contributed by atoms with E-state index >= 15 is 0 Å². The van der Waals surface area contributed by atoms with Gasteiger partial charge in [0.2, 0.25) is 0 Å². The summed E-state index contributed by atoms with van der Waals surface area (Å²) in [5, 5.41) is 7.36. The topological polar surface area (TPSA) is 79.9 Å². The van der Waals surface area contributed by atoms with Crippen molar-refractivity contribution in [2.24, 2.45) is 0 Å². The molecule has 1 fully saturated rings. The normalized spacial score (nSPS) is 15.6. The first kappa shape index (κ1) is 20.3. The number of hydrogen-bond acceptors (Lipinski definition) is 6. The Kier molecular flexibility index (Phi) is 7.41. The fourth-order valence-electron chi connectivity index (χ4n) is 3.10. The number of nitrogens with zero attached hydrogens (tertiary/aromatic N) is 1. The first-order valence-corrected chi connectivity index (χ1v) is 10.1. The van der Waals surface area contributed by atoms with Crippen LogP contribution in [0.25, 0.3) is 0 Å². The molecule has 1 aromatic carbocycles. The van der Waals surface area contributed by atoms with Crippen LogP contribution in [0.5, 0.6) is 5.75 Å². The molecule has 8 heteroatoms. The molecule has 1 atom stereocenters. The van der Waals surface area contributed by atoms with E-state index in [2.05, 4.69) is 15.5 Å². The maximum Gasteiger partial charge on any atom is 0.309 e. The van der Waals surface area contributed by atoms with Gasteiger partial charge in [0.15, 0.2) is 0 Å². The monoisotopic (exact) mass is 403 g/mol. The van der Waals surface area contributed by atoms with Gasteiger partial charge in [-0.25, -0.2) is 0 Å². The van der Waals surface area contributed by atoms with Crippen LogP contribution in [0.1, 0.15) is 16.5 Å². The lowest BCUT2D eigenvalue weighted by molar-refractivity contribution is -0.139. The van der Waals surface area contributed by atoms with Crippen molar-refractivity contribution in [1.29, 1.82) is 0 Å². The number of nitrogens with one attached hydrogen (secondary N) is 2. The van der Waals surface area contributed by atoms with Gasteiger partial charge < -0.3 is 20.1 Å². The van der Waals surface area contributed by atoms with Crippen LogP contribution >= 0.6 is 11.3 Å². The molecule has 0 spiro atoms. The first-order chi connectivity index (χ1) is 13.7.